The first-order chi connectivity index (χ1) is 4.79. The largest absolute Gasteiger partial charge is 0.268 e. The predicted octanol–water partition coefficient (Wildman–Crippen LogP) is 1.17. The van der Waals surface area contributed by atoms with Crippen LogP contribution in [-0.4, -0.2) is 15.0 Å². The van der Waals surface area contributed by atoms with E-state index in [4.69, 9.17) is 0 Å². The topological polar surface area (TPSA) is 30.7 Å². The van der Waals surface area contributed by atoms with Crippen molar-refractivity contribution in [2.75, 3.05) is 0 Å². The Morgan fingerprint density at radius 3 is 2.73 bits per heavy atom. The molecular weight excluding hydrogens is 172 g/mol. The third-order valence-corrected chi connectivity index (χ3v) is 0.905. The van der Waals surface area contributed by atoms with Gasteiger partial charge in [-0.1, -0.05) is 5.21 Å². The van der Waals surface area contributed by atoms with Crippen LogP contribution in [0, 0.1) is 0 Å². The van der Waals surface area contributed by atoms with E-state index in [-0.39, 0.29) is 20.0 Å². The van der Waals surface area contributed by atoms with Crippen molar-refractivity contribution in [3.8, 4) is 0 Å². The summed E-state index contributed by atoms with van der Waals surface area (Å²) in [6, 6.07) is 0. The van der Waals surface area contributed by atoms with E-state index in [1.807, 2.05) is 0 Å². The smallest absolute Gasteiger partial charge is 0.249 e. The monoisotopic (exact) mass is 179 g/mol. The molecule has 11 heavy (non-hydrogen) atoms. The van der Waals surface area contributed by atoms with Crippen molar-refractivity contribution >= 4 is 13.5 Å². The molecule has 0 bridgehead atoms. The SMILES string of the molecule is FC(F)=CCn1ccnn1.S. The maximum atomic E-state index is 11.4. The highest BCUT2D eigenvalue weighted by atomic mass is 32.1. The summed E-state index contributed by atoms with van der Waals surface area (Å²) in [6.07, 6.45) is 2.02. The van der Waals surface area contributed by atoms with Gasteiger partial charge in [0.05, 0.1) is 12.7 Å². The Bertz CT molecular complexity index is 218. The van der Waals surface area contributed by atoms with Gasteiger partial charge in [0.25, 0.3) is 6.08 Å². The van der Waals surface area contributed by atoms with Gasteiger partial charge in [-0.15, -0.1) is 5.10 Å². The number of nitrogens with zero attached hydrogens (tertiary/aromatic N) is 3. The minimum atomic E-state index is -1.70. The molecule has 0 atom stereocenters. The van der Waals surface area contributed by atoms with Gasteiger partial charge in [-0.05, 0) is 0 Å². The molecule has 0 aromatic carbocycles. The fourth-order valence-electron chi connectivity index (χ4n) is 0.493. The Hall–Kier alpha value is -0.910. The molecule has 6 heteroatoms. The summed E-state index contributed by atoms with van der Waals surface area (Å²) in [5.74, 6) is 0. The molecule has 0 saturated heterocycles. The van der Waals surface area contributed by atoms with Crippen LogP contribution < -0.4 is 0 Å². The summed E-state index contributed by atoms with van der Waals surface area (Å²) in [5.41, 5.74) is 0. The first-order valence-electron chi connectivity index (χ1n) is 2.64. The van der Waals surface area contributed by atoms with Gasteiger partial charge in [-0.3, -0.25) is 0 Å². The first kappa shape index (κ1) is 10.1. The summed E-state index contributed by atoms with van der Waals surface area (Å²) in [4.78, 5) is 0. The van der Waals surface area contributed by atoms with E-state index in [1.165, 1.54) is 17.1 Å². The van der Waals surface area contributed by atoms with Gasteiger partial charge in [0.2, 0.25) is 0 Å². The first-order valence-corrected chi connectivity index (χ1v) is 2.64. The van der Waals surface area contributed by atoms with Crippen LogP contribution >= 0.6 is 13.5 Å². The molecule has 0 spiro atoms. The molecule has 1 rings (SSSR count). The molecule has 0 N–H and O–H groups in total. The lowest BCUT2D eigenvalue weighted by Gasteiger charge is -1.89. The normalized spacial score (nSPS) is 8.55. The van der Waals surface area contributed by atoms with Gasteiger partial charge in [-0.2, -0.15) is 22.3 Å². The van der Waals surface area contributed by atoms with Gasteiger partial charge in [0.15, 0.2) is 0 Å². The number of aromatic nitrogens is 3. The van der Waals surface area contributed by atoms with E-state index >= 15 is 0 Å². The zero-order chi connectivity index (χ0) is 7.40. The highest BCUT2D eigenvalue weighted by Crippen LogP contribution is 1.96. The van der Waals surface area contributed by atoms with Crippen molar-refractivity contribution in [2.24, 2.45) is 0 Å². The summed E-state index contributed by atoms with van der Waals surface area (Å²) >= 11 is 0. The molecule has 3 nitrogen and oxygen atoms in total. The molecule has 62 valence electrons. The predicted molar refractivity (Wildman–Crippen MR) is 40.7 cm³/mol. The zero-order valence-electron chi connectivity index (χ0n) is 5.54. The molecule has 0 aliphatic heterocycles. The second-order valence-corrected chi connectivity index (χ2v) is 1.62. The quantitative estimate of drug-likeness (QED) is 0.682. The molecule has 0 aliphatic carbocycles. The van der Waals surface area contributed by atoms with E-state index < -0.39 is 6.08 Å². The molecule has 0 aliphatic rings. The van der Waals surface area contributed by atoms with Gasteiger partial charge >= 0.3 is 0 Å². The lowest BCUT2D eigenvalue weighted by atomic mass is 10.6. The van der Waals surface area contributed by atoms with E-state index in [0.29, 0.717) is 0 Å². The van der Waals surface area contributed by atoms with Crippen LogP contribution in [-0.2, 0) is 6.54 Å². The Labute approximate surface area is 69.2 Å². The van der Waals surface area contributed by atoms with Crippen molar-refractivity contribution in [2.45, 2.75) is 6.54 Å². The minimum absolute atomic E-state index is 0. The molecule has 1 aromatic heterocycles. The maximum Gasteiger partial charge on any atom is 0.268 e. The van der Waals surface area contributed by atoms with Crippen molar-refractivity contribution in [3.05, 3.63) is 24.6 Å². The summed E-state index contributed by atoms with van der Waals surface area (Å²) in [5, 5.41) is 6.92. The number of rotatable bonds is 2. The van der Waals surface area contributed by atoms with Crippen molar-refractivity contribution in [1.29, 1.82) is 0 Å². The van der Waals surface area contributed by atoms with E-state index in [1.54, 1.807) is 0 Å². The maximum absolute atomic E-state index is 11.4. The molecule has 1 aromatic rings. The highest BCUT2D eigenvalue weighted by Gasteiger charge is 1.89. The minimum Gasteiger partial charge on any atom is -0.249 e. The van der Waals surface area contributed by atoms with Crippen molar-refractivity contribution < 1.29 is 8.78 Å². The fraction of sp³-hybridized carbons (Fsp3) is 0.200. The summed E-state index contributed by atoms with van der Waals surface area (Å²) in [7, 11) is 0. The molecular formula is C5H7F2N3S. The lowest BCUT2D eigenvalue weighted by Crippen LogP contribution is -1.95. The average molecular weight is 179 g/mol. The van der Waals surface area contributed by atoms with E-state index in [0.717, 1.165) is 6.08 Å². The van der Waals surface area contributed by atoms with Crippen molar-refractivity contribution in [3.63, 3.8) is 0 Å². The molecule has 0 radical (unpaired) electrons. The number of hydrogen-bond acceptors (Lipinski definition) is 2. The molecule has 0 unspecified atom stereocenters. The zero-order valence-corrected chi connectivity index (χ0v) is 6.54. The summed E-state index contributed by atoms with van der Waals surface area (Å²) in [6.45, 7) is 0.0718. The standard InChI is InChI=1S/C5H5F2N3.H2S/c6-5(7)1-3-10-4-2-8-9-10;/h1-2,4H,3H2;1H2. The van der Waals surface area contributed by atoms with E-state index in [9.17, 15) is 8.78 Å². The highest BCUT2D eigenvalue weighted by molar-refractivity contribution is 7.59. The van der Waals surface area contributed by atoms with Crippen LogP contribution in [0.15, 0.2) is 24.6 Å². The molecule has 1 heterocycles. The van der Waals surface area contributed by atoms with Gasteiger partial charge in [-0.25, -0.2) is 4.68 Å². The van der Waals surface area contributed by atoms with E-state index in [2.05, 4.69) is 10.3 Å². The van der Waals surface area contributed by atoms with Crippen molar-refractivity contribution in [1.82, 2.24) is 15.0 Å². The third-order valence-electron chi connectivity index (χ3n) is 0.905. The summed E-state index contributed by atoms with van der Waals surface area (Å²) < 4.78 is 24.2. The number of halogens is 2. The molecule has 0 fully saturated rings. The van der Waals surface area contributed by atoms with Crippen LogP contribution in [0.25, 0.3) is 0 Å². The molecule has 0 amide bonds. The Kier molecular flexibility index (Phi) is 4.44. The fourth-order valence-corrected chi connectivity index (χ4v) is 0.493. The Morgan fingerprint density at radius 1 is 1.55 bits per heavy atom. The Morgan fingerprint density at radius 2 is 2.27 bits per heavy atom. The van der Waals surface area contributed by atoms with Gasteiger partial charge in [0.1, 0.15) is 0 Å². The van der Waals surface area contributed by atoms with Gasteiger partial charge < -0.3 is 0 Å². The van der Waals surface area contributed by atoms with Gasteiger partial charge in [0, 0.05) is 12.3 Å². The second kappa shape index (κ2) is 4.84. The van der Waals surface area contributed by atoms with Crippen LogP contribution in [0.4, 0.5) is 8.78 Å². The second-order valence-electron chi connectivity index (χ2n) is 1.62. The number of hydrogen-bond donors (Lipinski definition) is 0. The average Bonchev–Trinajstić information content (AvgIpc) is 2.34. The van der Waals surface area contributed by atoms with Crippen LogP contribution in [0.3, 0.4) is 0 Å². The Balaban J connectivity index is 0.000001000. The molecule has 0 saturated carbocycles. The van der Waals surface area contributed by atoms with Crippen LogP contribution in [0.2, 0.25) is 0 Å². The third kappa shape index (κ3) is 3.72. The number of allylic oxidation sites excluding steroid dienone is 1. The lowest BCUT2D eigenvalue weighted by molar-refractivity contribution is 0.414. The van der Waals surface area contributed by atoms with Crippen LogP contribution in [0.1, 0.15) is 0 Å². The van der Waals surface area contributed by atoms with Crippen LogP contribution in [0.5, 0.6) is 0 Å².